The third kappa shape index (κ3) is 3.98. The van der Waals surface area contributed by atoms with Crippen molar-refractivity contribution in [3.8, 4) is 0 Å². The fraction of sp³-hybridized carbons (Fsp3) is 0.259. The van der Waals surface area contributed by atoms with Gasteiger partial charge in [0.25, 0.3) is 5.91 Å². The molecule has 1 aliphatic heterocycles. The van der Waals surface area contributed by atoms with Crippen LogP contribution in [-0.2, 0) is 24.2 Å². The van der Waals surface area contributed by atoms with E-state index in [-0.39, 0.29) is 11.8 Å². The van der Waals surface area contributed by atoms with Crippen molar-refractivity contribution in [2.45, 2.75) is 45.7 Å². The van der Waals surface area contributed by atoms with E-state index in [2.05, 4.69) is 12.2 Å². The zero-order valence-electron chi connectivity index (χ0n) is 18.3. The molecule has 4 heteroatoms. The molecule has 0 fully saturated rings. The summed E-state index contributed by atoms with van der Waals surface area (Å²) in [6, 6.07) is 23.6. The molecular formula is C27H28N2O2. The number of rotatable bonds is 5. The molecule has 1 aliphatic rings. The Morgan fingerprint density at radius 3 is 2.29 bits per heavy atom. The van der Waals surface area contributed by atoms with Crippen molar-refractivity contribution in [1.82, 2.24) is 5.32 Å². The smallest absolute Gasteiger partial charge is 0.259 e. The number of nitrogens with zero attached hydrogens (tertiary/aromatic N) is 1. The van der Waals surface area contributed by atoms with Crippen LogP contribution < -0.4 is 10.2 Å². The van der Waals surface area contributed by atoms with Gasteiger partial charge in [-0.2, -0.15) is 0 Å². The van der Waals surface area contributed by atoms with E-state index in [1.54, 1.807) is 4.90 Å². The quantitative estimate of drug-likeness (QED) is 0.652. The first-order chi connectivity index (χ1) is 14.9. The van der Waals surface area contributed by atoms with Crippen LogP contribution >= 0.6 is 0 Å². The van der Waals surface area contributed by atoms with Crippen LogP contribution in [0.5, 0.6) is 0 Å². The molecule has 0 aliphatic carbocycles. The van der Waals surface area contributed by atoms with Crippen LogP contribution in [0.2, 0.25) is 0 Å². The summed E-state index contributed by atoms with van der Waals surface area (Å²) in [6.45, 7) is 6.42. The Balaban J connectivity index is 1.69. The van der Waals surface area contributed by atoms with Crippen molar-refractivity contribution in [2.75, 3.05) is 4.90 Å². The Bertz CT molecular complexity index is 1100. The molecule has 0 unspecified atom stereocenters. The van der Waals surface area contributed by atoms with Crippen LogP contribution in [0.4, 0.5) is 5.69 Å². The van der Waals surface area contributed by atoms with Crippen molar-refractivity contribution >= 4 is 17.5 Å². The van der Waals surface area contributed by atoms with E-state index in [1.807, 2.05) is 86.6 Å². The van der Waals surface area contributed by atoms with Crippen molar-refractivity contribution < 1.29 is 9.59 Å². The zero-order valence-corrected chi connectivity index (χ0v) is 18.3. The number of hydrogen-bond donors (Lipinski definition) is 1. The molecule has 0 saturated carbocycles. The van der Waals surface area contributed by atoms with Crippen molar-refractivity contribution in [2.24, 2.45) is 0 Å². The maximum atomic E-state index is 13.5. The first-order valence-electron chi connectivity index (χ1n) is 10.8. The van der Waals surface area contributed by atoms with Crippen LogP contribution in [0, 0.1) is 6.92 Å². The molecule has 158 valence electrons. The highest BCUT2D eigenvalue weighted by molar-refractivity contribution is 6.14. The fourth-order valence-corrected chi connectivity index (χ4v) is 4.22. The number of carbonyl (C=O) groups is 2. The van der Waals surface area contributed by atoms with E-state index in [0.29, 0.717) is 18.5 Å². The number of carbonyl (C=O) groups excluding carboxylic acids is 2. The Hall–Kier alpha value is -3.40. The summed E-state index contributed by atoms with van der Waals surface area (Å²) in [5, 5.41) is 3.07. The molecule has 1 atom stereocenters. The highest BCUT2D eigenvalue weighted by Gasteiger charge is 2.47. The van der Waals surface area contributed by atoms with Gasteiger partial charge in [0.1, 0.15) is 5.54 Å². The molecule has 0 bridgehead atoms. The lowest BCUT2D eigenvalue weighted by atomic mass is 9.82. The molecule has 0 radical (unpaired) electrons. The Kier molecular flexibility index (Phi) is 5.64. The lowest BCUT2D eigenvalue weighted by molar-refractivity contribution is -0.126. The summed E-state index contributed by atoms with van der Waals surface area (Å²) in [5.74, 6) is -0.297. The molecule has 2 amide bonds. The lowest BCUT2D eigenvalue weighted by Crippen LogP contribution is -2.63. The SMILES string of the molecule is CCc1ccc(N2C(=O)c3ccccc3C[C@]2(C)C(=O)NCc2ccc(C)cc2)cc1. The van der Waals surface area contributed by atoms with Crippen molar-refractivity contribution in [3.63, 3.8) is 0 Å². The highest BCUT2D eigenvalue weighted by atomic mass is 16.2. The van der Waals surface area contributed by atoms with Gasteiger partial charge in [-0.3, -0.25) is 14.5 Å². The van der Waals surface area contributed by atoms with Gasteiger partial charge < -0.3 is 5.32 Å². The average molecular weight is 413 g/mol. The molecule has 1 N–H and O–H groups in total. The Morgan fingerprint density at radius 1 is 0.968 bits per heavy atom. The molecule has 0 spiro atoms. The van der Waals surface area contributed by atoms with Gasteiger partial charge in [0.15, 0.2) is 0 Å². The topological polar surface area (TPSA) is 49.4 Å². The molecule has 0 aromatic heterocycles. The van der Waals surface area contributed by atoms with Gasteiger partial charge in [-0.1, -0.05) is 67.1 Å². The second kappa shape index (κ2) is 8.38. The monoisotopic (exact) mass is 412 g/mol. The number of amides is 2. The summed E-state index contributed by atoms with van der Waals surface area (Å²) in [6.07, 6.45) is 1.38. The molecule has 0 saturated heterocycles. The minimum absolute atomic E-state index is 0.140. The first kappa shape index (κ1) is 20.9. The first-order valence-corrected chi connectivity index (χ1v) is 10.8. The van der Waals surface area contributed by atoms with E-state index in [9.17, 15) is 9.59 Å². The van der Waals surface area contributed by atoms with Gasteiger partial charge in [-0.25, -0.2) is 0 Å². The van der Waals surface area contributed by atoms with Gasteiger partial charge in [0.05, 0.1) is 0 Å². The van der Waals surface area contributed by atoms with E-state index in [0.717, 1.165) is 23.2 Å². The minimum atomic E-state index is -1.02. The molecular weight excluding hydrogens is 384 g/mol. The minimum Gasteiger partial charge on any atom is -0.350 e. The van der Waals surface area contributed by atoms with Crippen LogP contribution in [0.1, 0.15) is 46.5 Å². The Labute approximate surface area is 183 Å². The largest absolute Gasteiger partial charge is 0.350 e. The van der Waals surface area contributed by atoms with E-state index in [1.165, 1.54) is 11.1 Å². The summed E-state index contributed by atoms with van der Waals surface area (Å²) in [7, 11) is 0. The summed E-state index contributed by atoms with van der Waals surface area (Å²) >= 11 is 0. The molecule has 4 rings (SSSR count). The molecule has 1 heterocycles. The average Bonchev–Trinajstić information content (AvgIpc) is 2.79. The summed E-state index contributed by atoms with van der Waals surface area (Å²) in [5.41, 5.74) is 4.68. The van der Waals surface area contributed by atoms with Crippen LogP contribution in [0.25, 0.3) is 0 Å². The van der Waals surface area contributed by atoms with E-state index < -0.39 is 5.54 Å². The van der Waals surface area contributed by atoms with Gasteiger partial charge in [0, 0.05) is 24.2 Å². The van der Waals surface area contributed by atoms with E-state index in [4.69, 9.17) is 0 Å². The van der Waals surface area contributed by atoms with Gasteiger partial charge in [-0.05, 0) is 55.2 Å². The van der Waals surface area contributed by atoms with Crippen molar-refractivity contribution in [3.05, 3.63) is 101 Å². The summed E-state index contributed by atoms with van der Waals surface area (Å²) < 4.78 is 0. The third-order valence-electron chi connectivity index (χ3n) is 6.14. The number of anilines is 1. The second-order valence-corrected chi connectivity index (χ2v) is 8.44. The molecule has 31 heavy (non-hydrogen) atoms. The number of nitrogens with one attached hydrogen (secondary N) is 1. The predicted octanol–water partition coefficient (Wildman–Crippen LogP) is 4.84. The van der Waals surface area contributed by atoms with E-state index >= 15 is 0 Å². The number of aryl methyl sites for hydroxylation is 2. The third-order valence-corrected chi connectivity index (χ3v) is 6.14. The summed E-state index contributed by atoms with van der Waals surface area (Å²) in [4.78, 5) is 28.7. The zero-order chi connectivity index (χ0) is 22.0. The van der Waals surface area contributed by atoms with Crippen LogP contribution in [0.3, 0.4) is 0 Å². The number of fused-ring (bicyclic) bond motifs is 1. The normalized spacial score (nSPS) is 17.9. The maximum absolute atomic E-state index is 13.5. The number of hydrogen-bond acceptors (Lipinski definition) is 2. The van der Waals surface area contributed by atoms with Gasteiger partial charge in [-0.15, -0.1) is 0 Å². The fourth-order valence-electron chi connectivity index (χ4n) is 4.22. The van der Waals surface area contributed by atoms with Crippen LogP contribution in [0.15, 0.2) is 72.8 Å². The second-order valence-electron chi connectivity index (χ2n) is 8.44. The molecule has 4 nitrogen and oxygen atoms in total. The molecule has 3 aromatic carbocycles. The van der Waals surface area contributed by atoms with Gasteiger partial charge >= 0.3 is 0 Å². The Morgan fingerprint density at radius 2 is 1.61 bits per heavy atom. The molecule has 3 aromatic rings. The van der Waals surface area contributed by atoms with Crippen LogP contribution in [-0.4, -0.2) is 17.4 Å². The number of benzene rings is 3. The predicted molar refractivity (Wildman–Crippen MR) is 124 cm³/mol. The standard InChI is InChI=1S/C27H28N2O2/c1-4-20-13-15-23(16-14-20)29-25(30)24-8-6-5-7-22(24)17-27(29,3)26(31)28-18-21-11-9-19(2)10-12-21/h5-16H,4,17-18H2,1-3H3,(H,28,31)/t27-/m1/s1. The van der Waals surface area contributed by atoms with Gasteiger partial charge in [0.2, 0.25) is 5.91 Å². The van der Waals surface area contributed by atoms with Crippen molar-refractivity contribution in [1.29, 1.82) is 0 Å². The highest BCUT2D eigenvalue weighted by Crippen LogP contribution is 2.35. The lowest BCUT2D eigenvalue weighted by Gasteiger charge is -2.44. The maximum Gasteiger partial charge on any atom is 0.259 e.